The Morgan fingerprint density at radius 2 is 1.09 bits per heavy atom. The molecule has 0 fully saturated rings. The number of aryl methyl sites for hydroxylation is 3. The second-order valence-corrected chi connectivity index (χ2v) is 13.4. The van der Waals surface area contributed by atoms with E-state index in [0.29, 0.717) is 21.6 Å². The predicted molar refractivity (Wildman–Crippen MR) is 170 cm³/mol. The molecule has 45 heavy (non-hydrogen) atoms. The Balaban J connectivity index is 1.22. The van der Waals surface area contributed by atoms with E-state index in [1.807, 2.05) is 49.9 Å². The second-order valence-electron chi connectivity index (χ2n) is 11.3. The van der Waals surface area contributed by atoms with Crippen LogP contribution in [0.15, 0.2) is 48.5 Å². The van der Waals surface area contributed by atoms with Crippen LogP contribution in [0, 0.1) is 6.92 Å². The first-order valence-corrected chi connectivity index (χ1v) is 15.4. The fourth-order valence-corrected chi connectivity index (χ4v) is 8.81. The van der Waals surface area contributed by atoms with Gasteiger partial charge in [-0.15, -0.1) is 22.7 Å². The van der Waals surface area contributed by atoms with Crippen molar-refractivity contribution in [1.82, 2.24) is 9.13 Å². The Morgan fingerprint density at radius 3 is 1.58 bits per heavy atom. The van der Waals surface area contributed by atoms with Gasteiger partial charge in [0.25, 0.3) is 0 Å². The van der Waals surface area contributed by atoms with Crippen LogP contribution in [0.2, 0.25) is 0 Å². The van der Waals surface area contributed by atoms with E-state index in [-0.39, 0.29) is 16.7 Å². The minimum Gasteiger partial charge on any atom is -0.340 e. The summed E-state index contributed by atoms with van der Waals surface area (Å²) in [5, 5.41) is 0. The molecule has 2 aromatic carbocycles. The van der Waals surface area contributed by atoms with E-state index in [2.05, 4.69) is 4.57 Å². The fraction of sp³-hybridized carbons (Fsp3) is 0.118. The summed E-state index contributed by atoms with van der Waals surface area (Å²) in [6.07, 6.45) is -1.27. The standard InChI is InChI=1S/C34H19F3N2O4S2/c1-14-4-6-18-20(8-14)28(40)30(42)22(18)10-16-12-24-32(44-16)26-27(38(24)2)33-25(39(26)3)13-17(45-33)11-23-19-7-5-15(34(35,36)37)9-21(19)29(41)31(23)43/h4-13H,1-3H3/b22-10-,23-11-. The van der Waals surface area contributed by atoms with Crippen LogP contribution in [0.4, 0.5) is 13.2 Å². The Kier molecular flexibility index (Phi) is 5.59. The van der Waals surface area contributed by atoms with E-state index in [1.54, 1.807) is 18.2 Å². The van der Waals surface area contributed by atoms with Gasteiger partial charge in [0, 0.05) is 46.1 Å². The van der Waals surface area contributed by atoms with E-state index in [0.717, 1.165) is 54.0 Å². The third kappa shape index (κ3) is 3.80. The normalized spacial score (nSPS) is 16.9. The number of aromatic nitrogens is 2. The smallest absolute Gasteiger partial charge is 0.340 e. The average molecular weight is 641 g/mol. The number of carbonyl (C=O) groups is 4. The topological polar surface area (TPSA) is 78.1 Å². The van der Waals surface area contributed by atoms with E-state index in [9.17, 15) is 32.3 Å². The second kappa shape index (κ2) is 9.09. The lowest BCUT2D eigenvalue weighted by Crippen LogP contribution is -2.08. The number of allylic oxidation sites excluding steroid dienone is 2. The van der Waals surface area contributed by atoms with Crippen LogP contribution < -0.4 is 0 Å². The molecule has 222 valence electrons. The van der Waals surface area contributed by atoms with Gasteiger partial charge in [-0.2, -0.15) is 13.2 Å². The molecule has 0 N–H and O–H groups in total. The SMILES string of the molecule is Cc1ccc2c(c1)C(=O)C(=O)/C2=C\c1cc2c(s1)c1c(c3sc(/C=C4\C(=O)C(=O)c5cc(C(F)(F)F)ccc54)cc3n1C)n2C. The summed E-state index contributed by atoms with van der Waals surface area (Å²) in [5.41, 5.74) is 5.25. The van der Waals surface area contributed by atoms with Crippen molar-refractivity contribution < 1.29 is 32.3 Å². The zero-order valence-electron chi connectivity index (χ0n) is 23.8. The van der Waals surface area contributed by atoms with Crippen LogP contribution in [0.5, 0.6) is 0 Å². The van der Waals surface area contributed by atoms with Gasteiger partial charge >= 0.3 is 6.18 Å². The Morgan fingerprint density at radius 1 is 0.622 bits per heavy atom. The van der Waals surface area contributed by atoms with Gasteiger partial charge in [-0.05, 0) is 60.5 Å². The van der Waals surface area contributed by atoms with Crippen LogP contribution in [-0.4, -0.2) is 32.3 Å². The van der Waals surface area contributed by atoms with Gasteiger partial charge in [0.1, 0.15) is 0 Å². The molecule has 4 heterocycles. The highest BCUT2D eigenvalue weighted by atomic mass is 32.1. The molecule has 0 unspecified atom stereocenters. The highest BCUT2D eigenvalue weighted by Crippen LogP contribution is 2.45. The van der Waals surface area contributed by atoms with Gasteiger partial charge in [-0.3, -0.25) is 19.2 Å². The number of hydrogen-bond donors (Lipinski definition) is 0. The molecule has 6 nitrogen and oxygen atoms in total. The number of nitrogens with zero attached hydrogens (tertiary/aromatic N) is 2. The summed E-state index contributed by atoms with van der Waals surface area (Å²) < 4.78 is 45.8. The molecule has 0 spiro atoms. The molecule has 6 aromatic rings. The van der Waals surface area contributed by atoms with Gasteiger partial charge < -0.3 is 9.13 Å². The number of ketones is 4. The largest absolute Gasteiger partial charge is 0.416 e. The molecule has 2 aliphatic carbocycles. The predicted octanol–water partition coefficient (Wildman–Crippen LogP) is 7.89. The number of carbonyl (C=O) groups excluding carboxylic acids is 4. The quantitative estimate of drug-likeness (QED) is 0.143. The Bertz CT molecular complexity index is 2480. The number of alkyl halides is 3. The summed E-state index contributed by atoms with van der Waals surface area (Å²) in [6.45, 7) is 1.88. The summed E-state index contributed by atoms with van der Waals surface area (Å²) in [4.78, 5) is 52.4. The molecule has 11 heteroatoms. The number of rotatable bonds is 2. The lowest BCUT2D eigenvalue weighted by atomic mass is 10.0. The fourth-order valence-electron chi connectivity index (χ4n) is 6.39. The molecular weight excluding hydrogens is 622 g/mol. The molecule has 0 saturated carbocycles. The van der Waals surface area contributed by atoms with Crippen molar-refractivity contribution in [3.63, 3.8) is 0 Å². The highest BCUT2D eigenvalue weighted by Gasteiger charge is 2.38. The minimum atomic E-state index is -4.63. The molecule has 4 aromatic heterocycles. The minimum absolute atomic E-state index is 0.0775. The number of thiophene rings is 2. The monoisotopic (exact) mass is 640 g/mol. The maximum absolute atomic E-state index is 13.2. The lowest BCUT2D eigenvalue weighted by Gasteiger charge is -2.07. The molecule has 0 saturated heterocycles. The Labute approximate surface area is 260 Å². The molecule has 0 radical (unpaired) electrons. The molecule has 0 bridgehead atoms. The average Bonchev–Trinajstić information content (AvgIpc) is 3.80. The van der Waals surface area contributed by atoms with Crippen molar-refractivity contribution in [2.45, 2.75) is 13.1 Å². The van der Waals surface area contributed by atoms with E-state index < -0.39 is 34.9 Å². The van der Waals surface area contributed by atoms with E-state index in [4.69, 9.17) is 0 Å². The van der Waals surface area contributed by atoms with Gasteiger partial charge in [-0.25, -0.2) is 0 Å². The lowest BCUT2D eigenvalue weighted by molar-refractivity contribution is -0.137. The zero-order valence-corrected chi connectivity index (χ0v) is 25.4. The van der Waals surface area contributed by atoms with E-state index >= 15 is 0 Å². The Hall–Kier alpha value is -4.87. The maximum atomic E-state index is 13.2. The summed E-state index contributed by atoms with van der Waals surface area (Å²) in [7, 11) is 3.88. The zero-order chi connectivity index (χ0) is 31.7. The van der Waals surface area contributed by atoms with Crippen molar-refractivity contribution in [3.05, 3.63) is 91.7 Å². The summed E-state index contributed by atoms with van der Waals surface area (Å²) in [5.74, 6) is -2.77. The van der Waals surface area contributed by atoms with Gasteiger partial charge in [-0.1, -0.05) is 23.8 Å². The van der Waals surface area contributed by atoms with Crippen LogP contribution in [0.25, 0.3) is 54.8 Å². The number of Topliss-reactive ketones (excluding diaryl/α,β-unsaturated/α-hetero) is 4. The molecule has 8 rings (SSSR count). The number of fused-ring (bicyclic) bond motifs is 7. The van der Waals surface area contributed by atoms with Crippen LogP contribution >= 0.6 is 22.7 Å². The molecular formula is C34H19F3N2O4S2. The number of benzene rings is 2. The van der Waals surface area contributed by atoms with E-state index in [1.165, 1.54) is 28.7 Å². The third-order valence-corrected chi connectivity index (χ3v) is 10.7. The van der Waals surface area contributed by atoms with Crippen molar-refractivity contribution in [2.75, 3.05) is 0 Å². The first-order valence-electron chi connectivity index (χ1n) is 13.8. The number of halogens is 3. The van der Waals surface area contributed by atoms with Crippen LogP contribution in [-0.2, 0) is 29.9 Å². The molecule has 0 amide bonds. The van der Waals surface area contributed by atoms with Crippen molar-refractivity contribution in [3.8, 4) is 0 Å². The molecule has 0 atom stereocenters. The first-order chi connectivity index (χ1) is 21.3. The first kappa shape index (κ1) is 27.7. The van der Waals surface area contributed by atoms with Crippen molar-refractivity contribution >= 4 is 101 Å². The maximum Gasteiger partial charge on any atom is 0.416 e. The van der Waals surface area contributed by atoms with Crippen molar-refractivity contribution in [2.24, 2.45) is 14.1 Å². The van der Waals surface area contributed by atoms with Gasteiger partial charge in [0.05, 0.1) is 37.0 Å². The molecule has 2 aliphatic rings. The summed E-state index contributed by atoms with van der Waals surface area (Å²) >= 11 is 2.95. The molecule has 0 aliphatic heterocycles. The van der Waals surface area contributed by atoms with Crippen molar-refractivity contribution in [1.29, 1.82) is 0 Å². The summed E-state index contributed by atoms with van der Waals surface area (Å²) in [6, 6.07) is 12.2. The van der Waals surface area contributed by atoms with Crippen LogP contribution in [0.1, 0.15) is 52.7 Å². The highest BCUT2D eigenvalue weighted by molar-refractivity contribution is 7.22. The van der Waals surface area contributed by atoms with Crippen LogP contribution in [0.3, 0.4) is 0 Å². The number of hydrogen-bond acceptors (Lipinski definition) is 6. The van der Waals surface area contributed by atoms with Gasteiger partial charge in [0.2, 0.25) is 23.1 Å². The van der Waals surface area contributed by atoms with Gasteiger partial charge in [0.15, 0.2) is 0 Å². The third-order valence-electron chi connectivity index (χ3n) is 8.58.